The minimum Gasteiger partial charge on any atom is -0.388 e. The van der Waals surface area contributed by atoms with Crippen LogP contribution in [-0.2, 0) is 6.54 Å². The largest absolute Gasteiger partial charge is 0.388 e. The first-order valence-corrected chi connectivity index (χ1v) is 11.1. The summed E-state index contributed by atoms with van der Waals surface area (Å²) in [6, 6.07) is 9.14. The minimum atomic E-state index is -0.600. The molecule has 164 valence electrons. The van der Waals surface area contributed by atoms with Gasteiger partial charge in [-0.25, -0.2) is 0 Å². The van der Waals surface area contributed by atoms with Gasteiger partial charge in [0.1, 0.15) is 0 Å². The number of aryl methyl sites for hydroxylation is 1. The molecule has 1 aromatic rings. The van der Waals surface area contributed by atoms with Gasteiger partial charge in [-0.2, -0.15) is 0 Å². The van der Waals surface area contributed by atoms with Gasteiger partial charge in [-0.05, 0) is 50.7 Å². The average molecular weight is 514 g/mol. The van der Waals surface area contributed by atoms with E-state index in [0.29, 0.717) is 12.6 Å². The van der Waals surface area contributed by atoms with E-state index in [4.69, 9.17) is 4.99 Å². The molecule has 1 saturated heterocycles. The quantitative estimate of drug-likeness (QED) is 0.307. The number of halogens is 1. The summed E-state index contributed by atoms with van der Waals surface area (Å²) in [5, 5.41) is 17.7. The van der Waals surface area contributed by atoms with Crippen molar-refractivity contribution in [3.8, 4) is 0 Å². The van der Waals surface area contributed by atoms with Crippen LogP contribution in [-0.4, -0.2) is 53.8 Å². The zero-order chi connectivity index (χ0) is 19.8. The number of aliphatic hydroxyl groups is 1. The molecule has 29 heavy (non-hydrogen) atoms. The second-order valence-electron chi connectivity index (χ2n) is 8.60. The monoisotopic (exact) mass is 514 g/mol. The molecule has 0 amide bonds. The van der Waals surface area contributed by atoms with Crippen molar-refractivity contribution in [2.24, 2.45) is 4.99 Å². The minimum absolute atomic E-state index is 0. The normalized spacial score (nSPS) is 20.7. The number of hydrogen-bond acceptors (Lipinski definition) is 3. The van der Waals surface area contributed by atoms with Gasteiger partial charge in [0, 0.05) is 32.2 Å². The predicted octanol–water partition coefficient (Wildman–Crippen LogP) is 3.83. The number of guanidine groups is 1. The van der Waals surface area contributed by atoms with Crippen molar-refractivity contribution in [2.75, 3.05) is 26.2 Å². The second kappa shape index (κ2) is 12.1. The summed E-state index contributed by atoms with van der Waals surface area (Å²) in [6.07, 6.45) is 7.50. The van der Waals surface area contributed by atoms with E-state index in [1.54, 1.807) is 0 Å². The predicted molar refractivity (Wildman–Crippen MR) is 132 cm³/mol. The number of aliphatic imine (C=N–C) groups is 1. The summed E-state index contributed by atoms with van der Waals surface area (Å²) in [5.74, 6) is 0.860. The van der Waals surface area contributed by atoms with E-state index in [0.717, 1.165) is 70.7 Å². The van der Waals surface area contributed by atoms with E-state index in [1.807, 2.05) is 0 Å². The molecule has 1 heterocycles. The highest BCUT2D eigenvalue weighted by atomic mass is 127. The van der Waals surface area contributed by atoms with E-state index in [-0.39, 0.29) is 24.0 Å². The van der Waals surface area contributed by atoms with Crippen LogP contribution in [0.2, 0.25) is 0 Å². The molecule has 1 aliphatic carbocycles. The van der Waals surface area contributed by atoms with Gasteiger partial charge < -0.3 is 15.7 Å². The Labute approximate surface area is 193 Å². The summed E-state index contributed by atoms with van der Waals surface area (Å²) in [5.41, 5.74) is 2.21. The van der Waals surface area contributed by atoms with Gasteiger partial charge in [-0.15, -0.1) is 24.0 Å². The maximum atomic E-state index is 10.7. The van der Waals surface area contributed by atoms with Crippen molar-refractivity contribution in [2.45, 2.75) is 77.0 Å². The van der Waals surface area contributed by atoms with Crippen LogP contribution in [0.3, 0.4) is 0 Å². The molecule has 5 nitrogen and oxygen atoms in total. The fourth-order valence-corrected chi connectivity index (χ4v) is 4.37. The first-order valence-electron chi connectivity index (χ1n) is 11.1. The number of benzene rings is 1. The molecule has 3 N–H and O–H groups in total. The zero-order valence-electron chi connectivity index (χ0n) is 18.1. The van der Waals surface area contributed by atoms with Crippen LogP contribution < -0.4 is 10.6 Å². The highest BCUT2D eigenvalue weighted by Gasteiger charge is 2.29. The van der Waals surface area contributed by atoms with E-state index < -0.39 is 5.60 Å². The Morgan fingerprint density at radius 2 is 1.86 bits per heavy atom. The molecule has 0 spiro atoms. The topological polar surface area (TPSA) is 59.9 Å². The van der Waals surface area contributed by atoms with Gasteiger partial charge in [-0.3, -0.25) is 9.89 Å². The Balaban J connectivity index is 0.00000300. The van der Waals surface area contributed by atoms with Crippen molar-refractivity contribution in [1.29, 1.82) is 0 Å². The van der Waals surface area contributed by atoms with E-state index in [2.05, 4.69) is 53.6 Å². The SMILES string of the molecule is CCNC(=NCC1(O)CCCCC1)NC1CCN(Cc2ccccc2C)CC1.I. The van der Waals surface area contributed by atoms with Crippen LogP contribution in [0, 0.1) is 6.92 Å². The van der Waals surface area contributed by atoms with Gasteiger partial charge in [0.25, 0.3) is 0 Å². The van der Waals surface area contributed by atoms with Gasteiger partial charge in [0.2, 0.25) is 0 Å². The number of likely N-dealkylation sites (tertiary alicyclic amines) is 1. The van der Waals surface area contributed by atoms with E-state index in [1.165, 1.54) is 17.5 Å². The van der Waals surface area contributed by atoms with Crippen LogP contribution in [0.25, 0.3) is 0 Å². The molecule has 2 aliphatic rings. The highest BCUT2D eigenvalue weighted by Crippen LogP contribution is 2.28. The van der Waals surface area contributed by atoms with Crippen molar-refractivity contribution < 1.29 is 5.11 Å². The number of rotatable bonds is 6. The fourth-order valence-electron chi connectivity index (χ4n) is 4.37. The molecule has 0 radical (unpaired) electrons. The third-order valence-electron chi connectivity index (χ3n) is 6.24. The van der Waals surface area contributed by atoms with Crippen LogP contribution >= 0.6 is 24.0 Å². The van der Waals surface area contributed by atoms with E-state index >= 15 is 0 Å². The maximum absolute atomic E-state index is 10.7. The van der Waals surface area contributed by atoms with E-state index in [9.17, 15) is 5.11 Å². The standard InChI is InChI=1S/C23H38N4O.HI/c1-3-24-22(25-18-23(28)13-7-4-8-14-23)26-21-11-15-27(16-12-21)17-20-10-6-5-9-19(20)2;/h5-6,9-10,21,28H,3-4,7-8,11-18H2,1-2H3,(H2,24,25,26);1H. The molecule has 6 heteroatoms. The zero-order valence-corrected chi connectivity index (χ0v) is 20.5. The van der Waals surface area contributed by atoms with Crippen molar-refractivity contribution in [1.82, 2.24) is 15.5 Å². The van der Waals surface area contributed by atoms with Gasteiger partial charge in [-0.1, -0.05) is 43.5 Å². The molecular formula is C23H39IN4O. The lowest BCUT2D eigenvalue weighted by molar-refractivity contribution is 0.0131. The van der Waals surface area contributed by atoms with Gasteiger partial charge >= 0.3 is 0 Å². The smallest absolute Gasteiger partial charge is 0.191 e. The molecule has 3 rings (SSSR count). The van der Waals surface area contributed by atoms with Gasteiger partial charge in [0.15, 0.2) is 5.96 Å². The second-order valence-corrected chi connectivity index (χ2v) is 8.60. The Kier molecular flexibility index (Phi) is 10.2. The summed E-state index contributed by atoms with van der Waals surface area (Å²) >= 11 is 0. The molecule has 0 atom stereocenters. The Morgan fingerprint density at radius 1 is 1.17 bits per heavy atom. The molecule has 1 aliphatic heterocycles. The van der Waals surface area contributed by atoms with Crippen LogP contribution in [0.1, 0.15) is 63.0 Å². The number of nitrogens with one attached hydrogen (secondary N) is 2. The third-order valence-corrected chi connectivity index (χ3v) is 6.24. The number of piperidine rings is 1. The van der Waals surface area contributed by atoms with Gasteiger partial charge in [0.05, 0.1) is 12.1 Å². The fraction of sp³-hybridized carbons (Fsp3) is 0.696. The number of nitrogens with zero attached hydrogens (tertiary/aromatic N) is 2. The summed E-state index contributed by atoms with van der Waals surface area (Å²) < 4.78 is 0. The average Bonchev–Trinajstić information content (AvgIpc) is 2.70. The molecule has 0 aromatic heterocycles. The van der Waals surface area contributed by atoms with Crippen LogP contribution in [0.15, 0.2) is 29.3 Å². The number of hydrogen-bond donors (Lipinski definition) is 3. The lowest BCUT2D eigenvalue weighted by Crippen LogP contribution is -2.49. The van der Waals surface area contributed by atoms with Crippen LogP contribution in [0.5, 0.6) is 0 Å². The van der Waals surface area contributed by atoms with Crippen LogP contribution in [0.4, 0.5) is 0 Å². The Bertz CT molecular complexity index is 638. The van der Waals surface area contributed by atoms with Crippen molar-refractivity contribution in [3.63, 3.8) is 0 Å². The first kappa shape index (κ1) is 24.4. The first-order chi connectivity index (χ1) is 13.6. The summed E-state index contributed by atoms with van der Waals surface area (Å²) in [6.45, 7) is 8.90. The molecule has 0 unspecified atom stereocenters. The summed E-state index contributed by atoms with van der Waals surface area (Å²) in [7, 11) is 0. The van der Waals surface area contributed by atoms with Crippen molar-refractivity contribution in [3.05, 3.63) is 35.4 Å². The highest BCUT2D eigenvalue weighted by molar-refractivity contribution is 14.0. The Hall–Kier alpha value is -0.860. The summed E-state index contributed by atoms with van der Waals surface area (Å²) in [4.78, 5) is 7.28. The maximum Gasteiger partial charge on any atom is 0.191 e. The lowest BCUT2D eigenvalue weighted by Gasteiger charge is -2.34. The molecule has 1 saturated carbocycles. The Morgan fingerprint density at radius 3 is 2.52 bits per heavy atom. The lowest BCUT2D eigenvalue weighted by atomic mass is 9.85. The molecule has 0 bridgehead atoms. The molecular weight excluding hydrogens is 475 g/mol. The molecule has 2 fully saturated rings. The third kappa shape index (κ3) is 7.72. The van der Waals surface area contributed by atoms with Crippen molar-refractivity contribution >= 4 is 29.9 Å². The molecule has 1 aromatic carbocycles.